The molecule has 10 nitrogen and oxygen atoms in total. The number of rotatable bonds is 9. The number of hydrogen-bond donors (Lipinski definition) is 2. The molecule has 1 aromatic carbocycles. The Labute approximate surface area is 237 Å². The van der Waals surface area contributed by atoms with Crippen LogP contribution in [0.5, 0.6) is 0 Å². The molecule has 2 aromatic heterocycles. The van der Waals surface area contributed by atoms with Crippen LogP contribution in [0.4, 0.5) is 15.0 Å². The van der Waals surface area contributed by atoms with Crippen molar-refractivity contribution < 1.29 is 28.0 Å². The number of halogens is 1. The molecule has 0 saturated heterocycles. The van der Waals surface area contributed by atoms with Crippen molar-refractivity contribution in [1.82, 2.24) is 14.9 Å². The van der Waals surface area contributed by atoms with E-state index in [9.17, 15) is 14.4 Å². The lowest BCUT2D eigenvalue weighted by Gasteiger charge is -2.68. The van der Waals surface area contributed by atoms with E-state index in [2.05, 4.69) is 22.5 Å². The van der Waals surface area contributed by atoms with E-state index in [4.69, 9.17) is 15.0 Å². The number of Topliss-reactive ketones (excluding diaryl/α,β-unsaturated/α-hetero) is 1. The summed E-state index contributed by atoms with van der Waals surface area (Å²) in [4.78, 5) is 37.8. The zero-order chi connectivity index (χ0) is 29.9. The van der Waals surface area contributed by atoms with Gasteiger partial charge >= 0.3 is 6.09 Å². The van der Waals surface area contributed by atoms with Crippen molar-refractivity contribution in [2.45, 2.75) is 90.7 Å². The summed E-state index contributed by atoms with van der Waals surface area (Å²) in [5.74, 6) is -1.21. The molecule has 3 saturated carbocycles. The molecule has 6 rings (SSSR count). The summed E-state index contributed by atoms with van der Waals surface area (Å²) in [6.07, 6.45) is 2.57. The van der Waals surface area contributed by atoms with Gasteiger partial charge in [0, 0.05) is 29.5 Å². The van der Waals surface area contributed by atoms with E-state index in [1.165, 1.54) is 16.8 Å². The number of nitrogens with one attached hydrogen (secondary N) is 1. The first-order valence-electron chi connectivity index (χ1n) is 13.8. The topological polar surface area (TPSA) is 142 Å². The lowest BCUT2D eigenvalue weighted by molar-refractivity contribution is -0.129. The number of anilines is 1. The monoisotopic (exact) mass is 565 g/mol. The smallest absolute Gasteiger partial charge is 0.413 e. The first-order valence-corrected chi connectivity index (χ1v) is 13.8. The highest BCUT2D eigenvalue weighted by Crippen LogP contribution is 2.73. The van der Waals surface area contributed by atoms with Gasteiger partial charge in [-0.05, 0) is 77.0 Å². The van der Waals surface area contributed by atoms with Gasteiger partial charge in [0.25, 0.3) is 5.91 Å². The molecule has 0 aliphatic heterocycles. The quantitative estimate of drug-likeness (QED) is 0.349. The number of carbonyl (C=O) groups excluding carboxylic acids is 3. The van der Waals surface area contributed by atoms with Crippen molar-refractivity contribution in [1.29, 1.82) is 0 Å². The minimum absolute atomic E-state index is 0.00812. The van der Waals surface area contributed by atoms with Crippen LogP contribution >= 0.6 is 0 Å². The highest BCUT2D eigenvalue weighted by Gasteiger charge is 2.66. The highest BCUT2D eigenvalue weighted by molar-refractivity contribution is 6.06. The van der Waals surface area contributed by atoms with Crippen molar-refractivity contribution >= 4 is 23.6 Å². The van der Waals surface area contributed by atoms with Crippen molar-refractivity contribution in [3.63, 3.8) is 0 Å². The van der Waals surface area contributed by atoms with Crippen LogP contribution in [0.1, 0.15) is 94.2 Å². The van der Waals surface area contributed by atoms with Gasteiger partial charge in [-0.15, -0.1) is 0 Å². The number of aromatic nitrogens is 3. The van der Waals surface area contributed by atoms with Crippen LogP contribution in [0, 0.1) is 11.2 Å². The fourth-order valence-electron chi connectivity index (χ4n) is 6.31. The summed E-state index contributed by atoms with van der Waals surface area (Å²) in [5.41, 5.74) is 6.66. The van der Waals surface area contributed by atoms with Crippen LogP contribution in [0.15, 0.2) is 28.8 Å². The maximum atomic E-state index is 15.4. The van der Waals surface area contributed by atoms with Gasteiger partial charge < -0.3 is 15.0 Å². The van der Waals surface area contributed by atoms with Gasteiger partial charge in [-0.1, -0.05) is 18.1 Å². The Morgan fingerprint density at radius 1 is 1.17 bits per heavy atom. The molecule has 2 heterocycles. The average Bonchev–Trinajstić information content (AvgIpc) is 3.40. The number of carbonyl (C=O) groups is 3. The maximum absolute atomic E-state index is 15.4. The Hall–Kier alpha value is -4.02. The minimum atomic E-state index is -0.893. The molecule has 2 bridgehead atoms. The summed E-state index contributed by atoms with van der Waals surface area (Å²) >= 11 is 0. The molecule has 0 atom stereocenters. The predicted molar refractivity (Wildman–Crippen MR) is 149 cm³/mol. The number of ketones is 1. The summed E-state index contributed by atoms with van der Waals surface area (Å²) in [5, 5.41) is 11.2. The van der Waals surface area contributed by atoms with Crippen LogP contribution in [-0.2, 0) is 27.8 Å². The van der Waals surface area contributed by atoms with Crippen LogP contribution in [0.3, 0.4) is 0 Å². The van der Waals surface area contributed by atoms with Gasteiger partial charge in [0.1, 0.15) is 40.0 Å². The van der Waals surface area contributed by atoms with E-state index < -0.39 is 23.4 Å². The van der Waals surface area contributed by atoms with Crippen LogP contribution < -0.4 is 11.1 Å². The fourth-order valence-corrected chi connectivity index (χ4v) is 6.31. The maximum Gasteiger partial charge on any atom is 0.413 e. The molecule has 3 aliphatic rings. The van der Waals surface area contributed by atoms with E-state index in [0.29, 0.717) is 16.7 Å². The van der Waals surface area contributed by atoms with Crippen molar-refractivity contribution in [3.05, 3.63) is 52.7 Å². The molecule has 41 heavy (non-hydrogen) atoms. The summed E-state index contributed by atoms with van der Waals surface area (Å²) in [6.45, 7) is 11.0. The number of benzene rings is 1. The summed E-state index contributed by atoms with van der Waals surface area (Å²) in [7, 11) is 0. The molecular weight excluding hydrogens is 529 g/mol. The van der Waals surface area contributed by atoms with E-state index in [0.717, 1.165) is 25.0 Å². The second kappa shape index (κ2) is 9.81. The minimum Gasteiger partial charge on any atom is -0.444 e. The van der Waals surface area contributed by atoms with Crippen LogP contribution in [-0.4, -0.2) is 38.3 Å². The van der Waals surface area contributed by atoms with Crippen molar-refractivity contribution in [2.75, 3.05) is 5.32 Å². The third-order valence-corrected chi connectivity index (χ3v) is 7.72. The van der Waals surface area contributed by atoms with Gasteiger partial charge in [-0.3, -0.25) is 14.9 Å². The zero-order valence-corrected chi connectivity index (χ0v) is 24.3. The Kier molecular flexibility index (Phi) is 6.82. The van der Waals surface area contributed by atoms with Gasteiger partial charge in [-0.25, -0.2) is 13.9 Å². The number of amides is 2. The molecule has 0 radical (unpaired) electrons. The lowest BCUT2D eigenvalue weighted by atomic mass is 9.35. The van der Waals surface area contributed by atoms with E-state index in [1.54, 1.807) is 40.7 Å². The van der Waals surface area contributed by atoms with Gasteiger partial charge in [-0.2, -0.15) is 5.10 Å². The molecule has 11 heteroatoms. The third-order valence-electron chi connectivity index (χ3n) is 7.72. The molecule has 3 aromatic rings. The Morgan fingerprint density at radius 2 is 1.85 bits per heavy atom. The van der Waals surface area contributed by atoms with Gasteiger partial charge in [0.2, 0.25) is 0 Å². The molecular formula is C30H36FN5O5. The van der Waals surface area contributed by atoms with Crippen LogP contribution in [0.25, 0.3) is 11.3 Å². The molecule has 3 fully saturated rings. The average molecular weight is 566 g/mol. The van der Waals surface area contributed by atoms with E-state index >= 15 is 4.39 Å². The lowest BCUT2D eigenvalue weighted by Crippen LogP contribution is -2.63. The van der Waals surface area contributed by atoms with E-state index in [-0.39, 0.29) is 52.7 Å². The molecule has 0 unspecified atom stereocenters. The SMILES string of the molecule is CC(C)n1nc(-c2ccc(CC(=O)Cc3cc(C45CC(C)(C4)C5)no3)cc2F)c(C(N)=O)c1NC(=O)OC(C)(C)C. The Balaban J connectivity index is 1.34. The van der Waals surface area contributed by atoms with Gasteiger partial charge in [0.05, 0.1) is 12.1 Å². The van der Waals surface area contributed by atoms with Crippen molar-refractivity contribution in [2.24, 2.45) is 11.1 Å². The third kappa shape index (κ3) is 5.49. The highest BCUT2D eigenvalue weighted by atomic mass is 19.1. The summed E-state index contributed by atoms with van der Waals surface area (Å²) < 4.78 is 27.6. The second-order valence-corrected chi connectivity index (χ2v) is 13.1. The number of hydrogen-bond acceptors (Lipinski definition) is 7. The Morgan fingerprint density at radius 3 is 2.41 bits per heavy atom. The van der Waals surface area contributed by atoms with E-state index in [1.807, 2.05) is 6.07 Å². The standard InChI is InChI=1S/C30H36FN5O5/c1-16(2)36-26(33-27(39)40-28(3,4)5)23(25(32)38)24(34-36)20-8-7-17(10-21(20)31)9-18(37)11-19-12-22(35-41-19)30-13-29(6,14-30)15-30/h7-8,10,12,16H,9,11,13-15H2,1-6H3,(H2,32,38)(H,33,39). The van der Waals surface area contributed by atoms with Gasteiger partial charge in [0.15, 0.2) is 0 Å². The molecule has 0 spiro atoms. The predicted octanol–water partition coefficient (Wildman–Crippen LogP) is 5.50. The zero-order valence-electron chi connectivity index (χ0n) is 24.3. The fraction of sp³-hybridized carbons (Fsp3) is 0.500. The summed E-state index contributed by atoms with van der Waals surface area (Å²) in [6, 6.07) is 5.86. The molecule has 2 amide bonds. The second-order valence-electron chi connectivity index (χ2n) is 13.1. The largest absolute Gasteiger partial charge is 0.444 e. The Bertz CT molecular complexity index is 1530. The van der Waals surface area contributed by atoms with Crippen LogP contribution in [0.2, 0.25) is 0 Å². The van der Waals surface area contributed by atoms with Crippen molar-refractivity contribution in [3.8, 4) is 11.3 Å². The first kappa shape index (κ1) is 28.5. The normalized spacial score (nSPS) is 21.3. The molecule has 3 aliphatic carbocycles. The molecule has 218 valence electrons. The number of primary amides is 1. The number of ether oxygens (including phenoxy) is 1. The number of nitrogens with zero attached hydrogens (tertiary/aromatic N) is 3. The first-order chi connectivity index (χ1) is 19.1. The molecule has 3 N–H and O–H groups in total. The number of nitrogens with two attached hydrogens (primary N) is 1.